The molecular formula is C25H23N5O2S. The molecule has 5 aromatic rings. The van der Waals surface area contributed by atoms with Crippen LogP contribution >= 0.6 is 11.3 Å². The number of hydrogen-bond donors (Lipinski definition) is 4. The van der Waals surface area contributed by atoms with Crippen molar-refractivity contribution in [1.82, 2.24) is 20.3 Å². The number of carbonyl (C=O) groups excluding carboxylic acids is 2. The monoisotopic (exact) mass is 457 g/mol. The Kier molecular flexibility index (Phi) is 5.43. The minimum absolute atomic E-state index is 0.260. The van der Waals surface area contributed by atoms with E-state index in [1.165, 1.54) is 18.3 Å². The van der Waals surface area contributed by atoms with E-state index in [1.807, 2.05) is 61.0 Å². The Morgan fingerprint density at radius 2 is 1.79 bits per heavy atom. The second-order valence-electron chi connectivity index (χ2n) is 8.01. The molecule has 8 heteroatoms. The minimum Gasteiger partial charge on any atom is -0.361 e. The summed E-state index contributed by atoms with van der Waals surface area (Å²) >= 11 is 1.36. The molecule has 0 radical (unpaired) electrons. The van der Waals surface area contributed by atoms with Crippen molar-refractivity contribution in [3.63, 3.8) is 0 Å². The van der Waals surface area contributed by atoms with E-state index in [0.29, 0.717) is 11.6 Å². The summed E-state index contributed by atoms with van der Waals surface area (Å²) in [4.78, 5) is 36.2. The summed E-state index contributed by atoms with van der Waals surface area (Å²) in [5.41, 5.74) is 5.86. The standard InChI is InChI=1S/C25H23N5O2S/c1-14-23(18-8-4-6-10-20(18)27-14)22-13-33-25(29-22)30-24(32)21(28-15(2)31)11-16-12-26-19-9-5-3-7-17(16)19/h3-10,12-13,21,26-27H,11H2,1-2H3,(H,28,31)(H,29,30,32)/t21-/m1/s1. The van der Waals surface area contributed by atoms with E-state index in [-0.39, 0.29) is 11.8 Å². The van der Waals surface area contributed by atoms with Crippen LogP contribution in [0.5, 0.6) is 0 Å². The fraction of sp³-hybridized carbons (Fsp3) is 0.160. The van der Waals surface area contributed by atoms with Crippen LogP contribution in [0.4, 0.5) is 5.13 Å². The van der Waals surface area contributed by atoms with Crippen molar-refractivity contribution in [1.29, 1.82) is 0 Å². The molecule has 0 bridgehead atoms. The van der Waals surface area contributed by atoms with Crippen molar-refractivity contribution in [2.75, 3.05) is 5.32 Å². The second-order valence-corrected chi connectivity index (χ2v) is 8.87. The van der Waals surface area contributed by atoms with Crippen LogP contribution in [-0.4, -0.2) is 32.8 Å². The average molecular weight is 458 g/mol. The topological polar surface area (TPSA) is 103 Å². The summed E-state index contributed by atoms with van der Waals surface area (Å²) < 4.78 is 0. The first-order valence-electron chi connectivity index (χ1n) is 10.7. The van der Waals surface area contributed by atoms with Crippen molar-refractivity contribution in [2.24, 2.45) is 0 Å². The van der Waals surface area contributed by atoms with Crippen molar-refractivity contribution >= 4 is 50.1 Å². The Hall–Kier alpha value is -3.91. The smallest absolute Gasteiger partial charge is 0.249 e. The number of hydrogen-bond acceptors (Lipinski definition) is 4. The number of amides is 2. The van der Waals surface area contributed by atoms with E-state index in [1.54, 1.807) is 0 Å². The summed E-state index contributed by atoms with van der Waals surface area (Å²) in [6, 6.07) is 15.2. The molecule has 1 atom stereocenters. The molecule has 0 aliphatic heterocycles. The van der Waals surface area contributed by atoms with Crippen molar-refractivity contribution < 1.29 is 9.59 Å². The van der Waals surface area contributed by atoms with Crippen LogP contribution in [0, 0.1) is 6.92 Å². The van der Waals surface area contributed by atoms with Crippen molar-refractivity contribution in [2.45, 2.75) is 26.3 Å². The molecule has 3 aromatic heterocycles. The molecule has 0 saturated carbocycles. The highest BCUT2D eigenvalue weighted by Crippen LogP contribution is 2.34. The molecule has 5 rings (SSSR count). The van der Waals surface area contributed by atoms with Crippen LogP contribution < -0.4 is 10.6 Å². The van der Waals surface area contributed by atoms with Gasteiger partial charge in [0, 0.05) is 58.0 Å². The first-order valence-corrected chi connectivity index (χ1v) is 11.5. The van der Waals surface area contributed by atoms with Crippen molar-refractivity contribution in [3.05, 3.63) is 71.4 Å². The number of thiazole rings is 1. The van der Waals surface area contributed by atoms with Gasteiger partial charge in [0.25, 0.3) is 0 Å². The van der Waals surface area contributed by atoms with Crippen LogP contribution in [0.1, 0.15) is 18.2 Å². The molecule has 2 aromatic carbocycles. The van der Waals surface area contributed by atoms with Crippen LogP contribution in [0.25, 0.3) is 33.1 Å². The van der Waals surface area contributed by atoms with E-state index in [2.05, 4.69) is 31.7 Å². The third-order valence-electron chi connectivity index (χ3n) is 5.68. The number of benzene rings is 2. The highest BCUT2D eigenvalue weighted by Gasteiger charge is 2.23. The zero-order valence-electron chi connectivity index (χ0n) is 18.2. The van der Waals surface area contributed by atoms with E-state index in [9.17, 15) is 9.59 Å². The zero-order valence-corrected chi connectivity index (χ0v) is 19.0. The SMILES string of the molecule is CC(=O)N[C@H](Cc1c[nH]c2ccccc12)C(=O)Nc1nc(-c2c(C)[nH]c3ccccc23)cs1. The number of nitrogens with zero attached hydrogens (tertiary/aromatic N) is 1. The normalized spacial score (nSPS) is 12.2. The van der Waals surface area contributed by atoms with Crippen LogP contribution in [0.3, 0.4) is 0 Å². The molecular weight excluding hydrogens is 434 g/mol. The maximum atomic E-state index is 13.1. The number of carbonyl (C=O) groups is 2. The van der Waals surface area contributed by atoms with Gasteiger partial charge in [-0.25, -0.2) is 4.98 Å². The largest absolute Gasteiger partial charge is 0.361 e. The number of para-hydroxylation sites is 2. The van der Waals surface area contributed by atoms with E-state index >= 15 is 0 Å². The Morgan fingerprint density at radius 3 is 2.58 bits per heavy atom. The van der Waals surface area contributed by atoms with Gasteiger partial charge in [0.1, 0.15) is 6.04 Å². The molecule has 0 fully saturated rings. The predicted octanol–water partition coefficient (Wildman–Crippen LogP) is 4.77. The maximum Gasteiger partial charge on any atom is 0.249 e. The first-order chi connectivity index (χ1) is 16.0. The van der Waals surface area contributed by atoms with E-state index in [4.69, 9.17) is 0 Å². The molecule has 2 amide bonds. The molecule has 3 heterocycles. The van der Waals surface area contributed by atoms with Crippen LogP contribution in [0.15, 0.2) is 60.1 Å². The second kappa shape index (κ2) is 8.55. The first kappa shape index (κ1) is 21.0. The van der Waals surface area contributed by atoms with Crippen molar-refractivity contribution in [3.8, 4) is 11.3 Å². The number of fused-ring (bicyclic) bond motifs is 2. The quantitative estimate of drug-likeness (QED) is 0.295. The highest BCUT2D eigenvalue weighted by molar-refractivity contribution is 7.14. The Labute approximate surface area is 194 Å². The number of nitrogens with one attached hydrogen (secondary N) is 4. The molecule has 0 unspecified atom stereocenters. The molecule has 166 valence electrons. The van der Waals surface area contributed by atoms with Crippen LogP contribution in [0.2, 0.25) is 0 Å². The lowest BCUT2D eigenvalue weighted by Crippen LogP contribution is -2.44. The number of H-pyrrole nitrogens is 2. The summed E-state index contributed by atoms with van der Waals surface area (Å²) in [5.74, 6) is -0.559. The number of aromatic nitrogens is 3. The summed E-state index contributed by atoms with van der Waals surface area (Å²) in [7, 11) is 0. The van der Waals surface area contributed by atoms with Gasteiger partial charge < -0.3 is 20.6 Å². The summed E-state index contributed by atoms with van der Waals surface area (Å²) in [6.45, 7) is 3.43. The fourth-order valence-electron chi connectivity index (χ4n) is 4.22. The molecule has 4 N–H and O–H groups in total. The number of rotatable bonds is 6. The van der Waals surface area contributed by atoms with Crippen LogP contribution in [-0.2, 0) is 16.0 Å². The number of aryl methyl sites for hydroxylation is 1. The molecule has 0 aliphatic carbocycles. The molecule has 33 heavy (non-hydrogen) atoms. The zero-order chi connectivity index (χ0) is 22.9. The Bertz CT molecular complexity index is 1480. The Balaban J connectivity index is 1.38. The van der Waals surface area contributed by atoms with Gasteiger partial charge in [0.15, 0.2) is 5.13 Å². The number of aromatic amines is 2. The molecule has 0 spiro atoms. The lowest BCUT2D eigenvalue weighted by atomic mass is 10.0. The van der Waals surface area contributed by atoms with Gasteiger partial charge in [-0.1, -0.05) is 36.4 Å². The molecule has 0 saturated heterocycles. The average Bonchev–Trinajstić information content (AvgIpc) is 3.49. The lowest BCUT2D eigenvalue weighted by molar-refractivity contribution is -0.125. The number of anilines is 1. The maximum absolute atomic E-state index is 13.1. The van der Waals surface area contributed by atoms with E-state index in [0.717, 1.165) is 44.3 Å². The van der Waals surface area contributed by atoms with Gasteiger partial charge in [0.05, 0.1) is 5.69 Å². The van der Waals surface area contributed by atoms with Gasteiger partial charge in [-0.15, -0.1) is 11.3 Å². The third-order valence-corrected chi connectivity index (χ3v) is 6.43. The van der Waals surface area contributed by atoms with Gasteiger partial charge in [-0.2, -0.15) is 0 Å². The predicted molar refractivity (Wildman–Crippen MR) is 132 cm³/mol. The van der Waals surface area contributed by atoms with Gasteiger partial charge in [-0.05, 0) is 24.6 Å². The summed E-state index contributed by atoms with van der Waals surface area (Å²) in [5, 5.41) is 10.2. The Morgan fingerprint density at radius 1 is 1.06 bits per heavy atom. The minimum atomic E-state index is -0.719. The highest BCUT2D eigenvalue weighted by atomic mass is 32.1. The fourth-order valence-corrected chi connectivity index (χ4v) is 4.92. The molecule has 0 aliphatic rings. The van der Waals surface area contributed by atoms with E-state index < -0.39 is 6.04 Å². The third kappa shape index (κ3) is 4.12. The van der Waals surface area contributed by atoms with Gasteiger partial charge >= 0.3 is 0 Å². The van der Waals surface area contributed by atoms with Gasteiger partial charge in [-0.3, -0.25) is 9.59 Å². The lowest BCUT2D eigenvalue weighted by Gasteiger charge is -2.16. The molecule has 7 nitrogen and oxygen atoms in total. The van der Waals surface area contributed by atoms with Gasteiger partial charge in [0.2, 0.25) is 11.8 Å². The summed E-state index contributed by atoms with van der Waals surface area (Å²) in [6.07, 6.45) is 2.25.